The third-order valence-corrected chi connectivity index (χ3v) is 5.83. The fourth-order valence-corrected chi connectivity index (χ4v) is 4.19. The Kier molecular flexibility index (Phi) is 4.16. The number of thioether (sulfide) groups is 2. The van der Waals surface area contributed by atoms with E-state index in [2.05, 4.69) is 20.3 Å². The number of thiophene rings is 1. The van der Waals surface area contributed by atoms with Gasteiger partial charge in [0.1, 0.15) is 0 Å². The van der Waals surface area contributed by atoms with Crippen LogP contribution in [-0.2, 0) is 5.75 Å². The molecule has 0 aliphatic heterocycles. The first-order chi connectivity index (χ1) is 9.35. The second-order valence-electron chi connectivity index (χ2n) is 3.35. The fraction of sp³-hybridized carbons (Fsp3) is 0.200. The highest BCUT2D eigenvalue weighted by Crippen LogP contribution is 2.29. The monoisotopic (exact) mass is 328 g/mol. The van der Waals surface area contributed by atoms with Crippen LogP contribution in [0, 0.1) is 0 Å². The maximum atomic E-state index is 5.22. The van der Waals surface area contributed by atoms with Crippen molar-refractivity contribution in [3.8, 4) is 11.4 Å². The van der Waals surface area contributed by atoms with Crippen LogP contribution in [0.25, 0.3) is 11.4 Å². The Morgan fingerprint density at radius 3 is 2.95 bits per heavy atom. The zero-order valence-corrected chi connectivity index (χ0v) is 13.0. The zero-order chi connectivity index (χ0) is 13.1. The second-order valence-corrected chi connectivity index (χ2v) is 7.38. The second kappa shape index (κ2) is 6.04. The van der Waals surface area contributed by atoms with Gasteiger partial charge in [-0.2, -0.15) is 16.3 Å². The molecular weight excluding hydrogens is 320 g/mol. The van der Waals surface area contributed by atoms with Gasteiger partial charge in [0.2, 0.25) is 11.7 Å². The van der Waals surface area contributed by atoms with E-state index in [1.807, 2.05) is 23.1 Å². The molecule has 9 heteroatoms. The molecule has 0 saturated heterocycles. The topological polar surface area (TPSA) is 64.7 Å². The van der Waals surface area contributed by atoms with E-state index in [1.54, 1.807) is 46.2 Å². The summed E-state index contributed by atoms with van der Waals surface area (Å²) in [6.45, 7) is 0. The molecule has 0 atom stereocenters. The first-order valence-corrected chi connectivity index (χ1v) is 9.17. The van der Waals surface area contributed by atoms with Crippen molar-refractivity contribution in [1.29, 1.82) is 0 Å². The van der Waals surface area contributed by atoms with E-state index in [0.29, 0.717) is 17.5 Å². The molecule has 0 radical (unpaired) electrons. The van der Waals surface area contributed by atoms with Crippen molar-refractivity contribution in [2.24, 2.45) is 0 Å². The van der Waals surface area contributed by atoms with E-state index in [1.165, 1.54) is 0 Å². The van der Waals surface area contributed by atoms with Crippen LogP contribution in [0.15, 0.2) is 30.0 Å². The number of rotatable bonds is 5. The summed E-state index contributed by atoms with van der Waals surface area (Å²) in [5.74, 6) is 1.85. The fourth-order valence-electron chi connectivity index (χ4n) is 1.28. The smallest absolute Gasteiger partial charge is 0.237 e. The van der Waals surface area contributed by atoms with E-state index in [4.69, 9.17) is 4.52 Å². The van der Waals surface area contributed by atoms with E-state index < -0.39 is 0 Å². The lowest BCUT2D eigenvalue weighted by Crippen LogP contribution is -1.81. The molecule has 3 rings (SSSR count). The normalized spacial score (nSPS) is 11.0. The maximum absolute atomic E-state index is 5.22. The Hall–Kier alpha value is -0.900. The lowest BCUT2D eigenvalue weighted by Gasteiger charge is -1.89. The number of hydrogen-bond donors (Lipinski definition) is 0. The molecule has 0 aliphatic rings. The summed E-state index contributed by atoms with van der Waals surface area (Å²) >= 11 is 6.34. The lowest BCUT2D eigenvalue weighted by atomic mass is 10.3. The molecule has 0 aromatic carbocycles. The van der Waals surface area contributed by atoms with Crippen LogP contribution >= 0.6 is 46.2 Å². The molecule has 3 aromatic rings. The van der Waals surface area contributed by atoms with E-state index >= 15 is 0 Å². The van der Waals surface area contributed by atoms with Crippen molar-refractivity contribution in [1.82, 2.24) is 20.3 Å². The average molecular weight is 328 g/mol. The maximum Gasteiger partial charge on any atom is 0.237 e. The minimum Gasteiger partial charge on any atom is -0.338 e. The zero-order valence-electron chi connectivity index (χ0n) is 9.77. The summed E-state index contributed by atoms with van der Waals surface area (Å²) in [5.41, 5.74) is 0.991. The van der Waals surface area contributed by atoms with E-state index in [-0.39, 0.29) is 0 Å². The van der Waals surface area contributed by atoms with Crippen molar-refractivity contribution >= 4 is 46.2 Å². The predicted molar refractivity (Wildman–Crippen MR) is 78.9 cm³/mol. The molecule has 0 saturated carbocycles. The highest BCUT2D eigenvalue weighted by atomic mass is 32.2. The van der Waals surface area contributed by atoms with E-state index in [0.717, 1.165) is 14.2 Å². The number of nitrogens with zero attached hydrogens (tertiary/aromatic N) is 4. The quantitative estimate of drug-likeness (QED) is 0.662. The molecule has 0 unspecified atom stereocenters. The van der Waals surface area contributed by atoms with Crippen molar-refractivity contribution in [2.75, 3.05) is 6.26 Å². The third-order valence-electron chi connectivity index (χ3n) is 2.13. The lowest BCUT2D eigenvalue weighted by molar-refractivity contribution is 0.391. The standard InChI is InChI=1S/C10H8N4OS4/c1-16-9-12-13-10(19-9)18-5-7-11-8(14-15-7)6-2-3-17-4-6/h2-4H,5H2,1H3. The van der Waals surface area contributed by atoms with Gasteiger partial charge in [-0.1, -0.05) is 40.0 Å². The van der Waals surface area contributed by atoms with Gasteiger partial charge in [-0.3, -0.25) is 0 Å². The molecule has 0 aliphatic carbocycles. The predicted octanol–water partition coefficient (Wildman–Crippen LogP) is 3.66. The van der Waals surface area contributed by atoms with Crippen molar-refractivity contribution in [2.45, 2.75) is 14.4 Å². The van der Waals surface area contributed by atoms with Crippen LogP contribution < -0.4 is 0 Å². The number of hydrogen-bond acceptors (Lipinski definition) is 9. The molecule has 3 heterocycles. The minimum atomic E-state index is 0.604. The Morgan fingerprint density at radius 2 is 2.21 bits per heavy atom. The molecule has 5 nitrogen and oxygen atoms in total. The van der Waals surface area contributed by atoms with Gasteiger partial charge in [-0.15, -0.1) is 10.2 Å². The largest absolute Gasteiger partial charge is 0.338 e. The summed E-state index contributed by atoms with van der Waals surface area (Å²) < 4.78 is 7.10. The Balaban J connectivity index is 1.64. The van der Waals surface area contributed by atoms with Crippen LogP contribution in [0.4, 0.5) is 0 Å². The van der Waals surface area contributed by atoms with Crippen LogP contribution in [0.1, 0.15) is 5.89 Å². The average Bonchev–Trinajstić information content (AvgIpc) is 3.16. The molecule has 0 bridgehead atoms. The highest BCUT2D eigenvalue weighted by molar-refractivity contribution is 8.02. The first kappa shape index (κ1) is 13.1. The van der Waals surface area contributed by atoms with Gasteiger partial charge in [-0.05, 0) is 17.7 Å². The van der Waals surface area contributed by atoms with Gasteiger partial charge in [0, 0.05) is 10.9 Å². The SMILES string of the molecule is CSc1nnc(SCc2nc(-c3ccsc3)no2)s1. The molecule has 98 valence electrons. The third kappa shape index (κ3) is 3.16. The Morgan fingerprint density at radius 1 is 1.32 bits per heavy atom. The highest BCUT2D eigenvalue weighted by Gasteiger charge is 2.11. The number of aromatic nitrogens is 4. The molecule has 0 amide bonds. The van der Waals surface area contributed by atoms with Crippen LogP contribution in [0.5, 0.6) is 0 Å². The van der Waals surface area contributed by atoms with Crippen molar-refractivity contribution in [3.63, 3.8) is 0 Å². The van der Waals surface area contributed by atoms with Gasteiger partial charge < -0.3 is 4.52 Å². The molecule has 0 fully saturated rings. The Labute approximate surface area is 125 Å². The molecule has 0 spiro atoms. The van der Waals surface area contributed by atoms with Crippen molar-refractivity contribution < 1.29 is 4.52 Å². The summed E-state index contributed by atoms with van der Waals surface area (Å²) in [6, 6.07) is 1.97. The van der Waals surface area contributed by atoms with Gasteiger partial charge >= 0.3 is 0 Å². The van der Waals surface area contributed by atoms with Gasteiger partial charge in [0.25, 0.3) is 0 Å². The molecule has 19 heavy (non-hydrogen) atoms. The van der Waals surface area contributed by atoms with E-state index in [9.17, 15) is 0 Å². The molecule has 0 N–H and O–H groups in total. The summed E-state index contributed by atoms with van der Waals surface area (Å²) in [5, 5.41) is 16.1. The summed E-state index contributed by atoms with van der Waals surface area (Å²) in [6.07, 6.45) is 1.99. The Bertz CT molecular complexity index is 648. The van der Waals surface area contributed by atoms with Crippen LogP contribution in [0.3, 0.4) is 0 Å². The van der Waals surface area contributed by atoms with Crippen LogP contribution in [0.2, 0.25) is 0 Å². The van der Waals surface area contributed by atoms with Gasteiger partial charge in [0.05, 0.1) is 5.75 Å². The van der Waals surface area contributed by atoms with Gasteiger partial charge in [0.15, 0.2) is 8.68 Å². The molecular formula is C10H8N4OS4. The van der Waals surface area contributed by atoms with Crippen molar-refractivity contribution in [3.05, 3.63) is 22.7 Å². The first-order valence-electron chi connectivity index (χ1n) is 5.20. The minimum absolute atomic E-state index is 0.604. The van der Waals surface area contributed by atoms with Gasteiger partial charge in [-0.25, -0.2) is 0 Å². The summed E-state index contributed by atoms with van der Waals surface area (Å²) in [4.78, 5) is 4.35. The van der Waals surface area contributed by atoms with Crippen LogP contribution in [-0.4, -0.2) is 26.6 Å². The summed E-state index contributed by atoms with van der Waals surface area (Å²) in [7, 11) is 0. The molecule has 3 aromatic heterocycles.